The molecule has 0 fully saturated rings. The molecular weight excluding hydrogens is 506 g/mol. The minimum absolute atomic E-state index is 0. The molecule has 0 atom stereocenters. The van der Waals surface area contributed by atoms with Gasteiger partial charge in [0.2, 0.25) is 0 Å². The first kappa shape index (κ1) is 20.6. The monoisotopic (exact) mass is 531 g/mol. The van der Waals surface area contributed by atoms with E-state index in [0.717, 1.165) is 6.42 Å². The van der Waals surface area contributed by atoms with Crippen LogP contribution in [0.2, 0.25) is 9.36 Å². The maximum atomic E-state index is 2.59. The summed E-state index contributed by atoms with van der Waals surface area (Å²) in [5.41, 5.74) is 0. The molecule has 2 aromatic carbocycles. The molecule has 0 unspecified atom stereocenters. The molecule has 0 nitrogen and oxygen atoms in total. The Kier molecular flexibility index (Phi) is 5.81. The third-order valence-electron chi connectivity index (χ3n) is 5.65. The van der Waals surface area contributed by atoms with Gasteiger partial charge in [-0.2, -0.15) is 0 Å². The van der Waals surface area contributed by atoms with E-state index in [1.807, 2.05) is 0 Å². The zero-order chi connectivity index (χ0) is 15.0. The normalized spacial score (nSPS) is 16.3. The molecule has 0 saturated heterocycles. The molecule has 3 rings (SSSR count). The average molecular weight is 531 g/mol. The van der Waals surface area contributed by atoms with E-state index in [-0.39, 0.29) is 24.8 Å². The van der Waals surface area contributed by atoms with E-state index in [2.05, 4.69) is 95.2 Å². The van der Waals surface area contributed by atoms with Gasteiger partial charge in [-0.15, -0.1) is 24.8 Å². The Balaban J connectivity index is 0.00000132. The molecule has 0 saturated carbocycles. The van der Waals surface area contributed by atoms with Crippen molar-refractivity contribution in [2.24, 2.45) is 0 Å². The summed E-state index contributed by atoms with van der Waals surface area (Å²) in [4.78, 5) is 0. The van der Waals surface area contributed by atoms with Crippen LogP contribution in [0.25, 0.3) is 0 Å². The topological polar surface area (TPSA) is 0 Å². The number of hydrogen-bond acceptors (Lipinski definition) is 0. The molecule has 123 valence electrons. The molecule has 0 radical (unpaired) electrons. The molecule has 0 bridgehead atoms. The molecule has 23 heavy (non-hydrogen) atoms. The molecule has 1 aliphatic rings. The number of halogens is 2. The molecule has 2 aromatic rings. The fraction of sp³-hybridized carbons (Fsp3) is 0.158. The Morgan fingerprint density at radius 3 is 1.57 bits per heavy atom. The van der Waals surface area contributed by atoms with Crippen molar-refractivity contribution in [3.8, 4) is 0 Å². The van der Waals surface area contributed by atoms with Gasteiger partial charge in [0, 0.05) is 0 Å². The second kappa shape index (κ2) is 6.48. The fourth-order valence-electron chi connectivity index (χ4n) is 3.78. The van der Waals surface area contributed by atoms with Crippen molar-refractivity contribution in [3.05, 3.63) is 82.2 Å². The van der Waals surface area contributed by atoms with Gasteiger partial charge in [0.15, 0.2) is 0 Å². The van der Waals surface area contributed by atoms with Crippen LogP contribution >= 0.6 is 24.8 Å². The van der Waals surface area contributed by atoms with Gasteiger partial charge in [0.05, 0.1) is 0 Å². The third kappa shape index (κ3) is 2.99. The molecule has 0 aromatic heterocycles. The summed E-state index contributed by atoms with van der Waals surface area (Å²) < 4.78 is 9.94. The van der Waals surface area contributed by atoms with Crippen LogP contribution in [0.3, 0.4) is 0 Å². The van der Waals surface area contributed by atoms with Crippen molar-refractivity contribution in [1.82, 2.24) is 0 Å². The first-order valence-electron chi connectivity index (χ1n) is 7.64. The molecule has 1 aliphatic carbocycles. The Morgan fingerprint density at radius 2 is 1.22 bits per heavy atom. The van der Waals surface area contributed by atoms with E-state index in [0.29, 0.717) is 0 Å². The van der Waals surface area contributed by atoms with Crippen molar-refractivity contribution in [2.75, 3.05) is 0 Å². The predicted molar refractivity (Wildman–Crippen MR) is 109 cm³/mol. The van der Waals surface area contributed by atoms with Crippen LogP contribution in [-0.2, 0) is 15.7 Å². The van der Waals surface area contributed by atoms with Crippen molar-refractivity contribution >= 4 is 38.4 Å². The van der Waals surface area contributed by atoms with Crippen molar-refractivity contribution in [2.45, 2.75) is 15.8 Å². The zero-order valence-electron chi connectivity index (χ0n) is 13.7. The SMILES string of the molecule is Cl.Cl.[CH3][Hf]([CH3])(=[SiH2])([C]1=CC=CC1)([c]1ccccc1)[c]1ccccc1. The van der Waals surface area contributed by atoms with Crippen molar-refractivity contribution in [3.63, 3.8) is 0 Å². The molecule has 4 heteroatoms. The Morgan fingerprint density at radius 1 is 0.783 bits per heavy atom. The van der Waals surface area contributed by atoms with Crippen LogP contribution in [0.5, 0.6) is 0 Å². The van der Waals surface area contributed by atoms with Crippen molar-refractivity contribution < 1.29 is 15.7 Å². The molecule has 0 amide bonds. The van der Waals surface area contributed by atoms with Crippen molar-refractivity contribution in [1.29, 1.82) is 0 Å². The molecule has 0 N–H and O–H groups in total. The summed E-state index contributed by atoms with van der Waals surface area (Å²) in [7, 11) is 0. The molecule has 0 heterocycles. The van der Waals surface area contributed by atoms with E-state index in [9.17, 15) is 0 Å². The summed E-state index contributed by atoms with van der Waals surface area (Å²) >= 11 is -4.04. The zero-order valence-corrected chi connectivity index (χ0v) is 20.4. The Labute approximate surface area is 151 Å². The van der Waals surface area contributed by atoms with Crippen LogP contribution < -0.4 is 6.64 Å². The molecular formula is C19H25Cl2HfSi. The summed E-state index contributed by atoms with van der Waals surface area (Å²) in [6, 6.07) is 22.4. The van der Waals surface area contributed by atoms with Crippen LogP contribution in [-0.4, -0.2) is 6.94 Å². The van der Waals surface area contributed by atoms with Gasteiger partial charge in [0.1, 0.15) is 0 Å². The van der Waals surface area contributed by atoms with Gasteiger partial charge in [-0.3, -0.25) is 0 Å². The fourth-order valence-corrected chi connectivity index (χ4v) is 29.6. The predicted octanol–water partition coefficient (Wildman–Crippen LogP) is 4.19. The van der Waals surface area contributed by atoms with Crippen LogP contribution in [0.4, 0.5) is 0 Å². The van der Waals surface area contributed by atoms with Gasteiger partial charge in [-0.1, -0.05) is 0 Å². The second-order valence-corrected chi connectivity index (χ2v) is 60.3. The summed E-state index contributed by atoms with van der Waals surface area (Å²) in [5.74, 6) is 0. The van der Waals surface area contributed by atoms with E-state index in [1.165, 1.54) is 0 Å². The molecule has 0 aliphatic heterocycles. The van der Waals surface area contributed by atoms with E-state index < -0.39 is 15.7 Å². The number of rotatable bonds is 3. The van der Waals surface area contributed by atoms with Gasteiger partial charge >= 0.3 is 127 Å². The minimum atomic E-state index is -4.04. The number of hydrogen-bond donors (Lipinski definition) is 0. The standard InChI is InChI=1S/2C6H5.C5H5.2CH3.2ClH.Hf.H2Si/c2*1-2-4-6-5-3-1;1-2-4-5-3-1;;;;;;/h2*1-5H;1-3H,4H2;2*1H3;2*1H;;1H2. The Bertz CT molecular complexity index is 783. The quantitative estimate of drug-likeness (QED) is 0.522. The van der Waals surface area contributed by atoms with Crippen LogP contribution in [0.1, 0.15) is 6.42 Å². The first-order valence-corrected chi connectivity index (χ1v) is 28.5. The maximum absolute atomic E-state index is 4.04. The third-order valence-corrected chi connectivity index (χ3v) is 43.7. The number of allylic oxidation sites excluding steroid dienone is 4. The van der Waals surface area contributed by atoms with Crippen LogP contribution in [0.15, 0.2) is 82.2 Å². The summed E-state index contributed by atoms with van der Waals surface area (Å²) in [5, 5.41) is 0. The van der Waals surface area contributed by atoms with Gasteiger partial charge in [-0.25, -0.2) is 0 Å². The summed E-state index contributed by atoms with van der Waals surface area (Å²) in [6.07, 6.45) is 8.02. The average Bonchev–Trinajstić information content (AvgIpc) is 3.05. The van der Waals surface area contributed by atoms with Gasteiger partial charge in [-0.05, 0) is 0 Å². The van der Waals surface area contributed by atoms with Gasteiger partial charge in [0.25, 0.3) is 0 Å². The first-order chi connectivity index (χ1) is 9.88. The van der Waals surface area contributed by atoms with Crippen LogP contribution in [0, 0.1) is 0 Å². The van der Waals surface area contributed by atoms with E-state index in [1.54, 1.807) is 9.97 Å². The van der Waals surface area contributed by atoms with E-state index in [4.69, 9.17) is 0 Å². The Hall–Kier alpha value is -0.413. The second-order valence-electron chi connectivity index (χ2n) is 7.67. The van der Waals surface area contributed by atoms with Gasteiger partial charge < -0.3 is 0 Å². The van der Waals surface area contributed by atoms with E-state index >= 15 is 0 Å². The number of benzene rings is 2. The summed E-state index contributed by atoms with van der Waals surface area (Å²) in [6.45, 7) is 2.31. The molecule has 0 spiro atoms.